The predicted octanol–water partition coefficient (Wildman–Crippen LogP) is 2.44. The van der Waals surface area contributed by atoms with E-state index in [0.717, 1.165) is 31.6 Å². The Morgan fingerprint density at radius 2 is 2.47 bits per heavy atom. The van der Waals surface area contributed by atoms with E-state index in [4.69, 9.17) is 4.74 Å². The average Bonchev–Trinajstić information content (AvgIpc) is 2.85. The van der Waals surface area contributed by atoms with Gasteiger partial charge in [-0.1, -0.05) is 0 Å². The zero-order valence-corrected chi connectivity index (χ0v) is 10.2. The first-order chi connectivity index (χ1) is 8.29. The number of nitrogens with zero attached hydrogens (tertiary/aromatic N) is 1. The summed E-state index contributed by atoms with van der Waals surface area (Å²) in [6.45, 7) is 0.893. The highest BCUT2D eigenvalue weighted by atomic mass is 19.1. The van der Waals surface area contributed by atoms with Crippen LogP contribution in [0.5, 0.6) is 0 Å². The lowest BCUT2D eigenvalue weighted by atomic mass is 10.0. The van der Waals surface area contributed by atoms with Crippen LogP contribution in [0.4, 0.5) is 4.39 Å². The summed E-state index contributed by atoms with van der Waals surface area (Å²) >= 11 is 0. The van der Waals surface area contributed by atoms with Gasteiger partial charge in [0.25, 0.3) is 0 Å². The van der Waals surface area contributed by atoms with Crippen molar-refractivity contribution in [2.45, 2.75) is 37.8 Å². The second-order valence-electron chi connectivity index (χ2n) is 4.45. The van der Waals surface area contributed by atoms with E-state index in [1.807, 2.05) is 7.05 Å². The molecule has 1 N–H and O–H groups in total. The molecule has 1 aromatic rings. The molecule has 0 bridgehead atoms. The van der Waals surface area contributed by atoms with Crippen molar-refractivity contribution in [3.8, 4) is 0 Å². The molecule has 0 aromatic carbocycles. The Labute approximate surface area is 101 Å². The van der Waals surface area contributed by atoms with Gasteiger partial charge in [0.2, 0.25) is 0 Å². The molecule has 1 fully saturated rings. The van der Waals surface area contributed by atoms with Crippen LogP contribution in [-0.4, -0.2) is 24.7 Å². The fourth-order valence-corrected chi connectivity index (χ4v) is 2.26. The molecule has 1 aliphatic rings. The van der Waals surface area contributed by atoms with E-state index in [1.165, 1.54) is 18.7 Å². The third-order valence-corrected chi connectivity index (χ3v) is 3.26. The fraction of sp³-hybridized carbons (Fsp3) is 0.615. The maximum absolute atomic E-state index is 12.8. The van der Waals surface area contributed by atoms with Gasteiger partial charge in [-0.05, 0) is 44.9 Å². The first-order valence-electron chi connectivity index (χ1n) is 6.20. The number of halogens is 1. The molecule has 0 aliphatic carbocycles. The Bertz CT molecular complexity index is 336. The Balaban J connectivity index is 1.89. The molecule has 2 unspecified atom stereocenters. The highest BCUT2D eigenvalue weighted by Crippen LogP contribution is 2.22. The molecule has 2 heterocycles. The fourth-order valence-electron chi connectivity index (χ4n) is 2.26. The summed E-state index contributed by atoms with van der Waals surface area (Å²) < 4.78 is 18.4. The van der Waals surface area contributed by atoms with E-state index in [1.54, 1.807) is 6.07 Å². The lowest BCUT2D eigenvalue weighted by Crippen LogP contribution is -2.19. The topological polar surface area (TPSA) is 34.1 Å². The number of pyridine rings is 1. The van der Waals surface area contributed by atoms with E-state index in [0.29, 0.717) is 6.10 Å². The standard InChI is InChI=1S/C13H19FN2O/c1-15-12(7-5-11-3-2-8-17-11)13-6-4-10(14)9-16-13/h4,6,9,11-12,15H,2-3,5,7-8H2,1H3. The Morgan fingerprint density at radius 3 is 3.06 bits per heavy atom. The molecule has 17 heavy (non-hydrogen) atoms. The molecule has 94 valence electrons. The maximum atomic E-state index is 12.8. The van der Waals surface area contributed by atoms with E-state index in [-0.39, 0.29) is 11.9 Å². The lowest BCUT2D eigenvalue weighted by molar-refractivity contribution is 0.0997. The van der Waals surface area contributed by atoms with Gasteiger partial charge < -0.3 is 10.1 Å². The largest absolute Gasteiger partial charge is 0.378 e. The van der Waals surface area contributed by atoms with Crippen molar-refractivity contribution in [2.24, 2.45) is 0 Å². The van der Waals surface area contributed by atoms with Gasteiger partial charge in [0.1, 0.15) is 5.82 Å². The number of ether oxygens (including phenoxy) is 1. The second-order valence-corrected chi connectivity index (χ2v) is 4.45. The quantitative estimate of drug-likeness (QED) is 0.855. The molecule has 4 heteroatoms. The van der Waals surface area contributed by atoms with Crippen LogP contribution in [0.3, 0.4) is 0 Å². The molecule has 1 saturated heterocycles. The Hall–Kier alpha value is -1.00. The molecular formula is C13H19FN2O. The van der Waals surface area contributed by atoms with Crippen molar-refractivity contribution in [3.05, 3.63) is 29.8 Å². The zero-order valence-electron chi connectivity index (χ0n) is 10.2. The minimum Gasteiger partial charge on any atom is -0.378 e. The SMILES string of the molecule is CNC(CCC1CCCO1)c1ccc(F)cn1. The molecule has 0 saturated carbocycles. The first kappa shape index (κ1) is 12.5. The molecule has 2 atom stereocenters. The summed E-state index contributed by atoms with van der Waals surface area (Å²) in [7, 11) is 1.91. The maximum Gasteiger partial charge on any atom is 0.141 e. The summed E-state index contributed by atoms with van der Waals surface area (Å²) in [5.41, 5.74) is 0.895. The minimum absolute atomic E-state index is 0.180. The summed E-state index contributed by atoms with van der Waals surface area (Å²) in [6.07, 6.45) is 6.00. The van der Waals surface area contributed by atoms with Gasteiger partial charge in [0.15, 0.2) is 0 Å². The Kier molecular flexibility index (Phi) is 4.45. The number of hydrogen-bond acceptors (Lipinski definition) is 3. The molecule has 3 nitrogen and oxygen atoms in total. The molecule has 2 rings (SSSR count). The summed E-state index contributed by atoms with van der Waals surface area (Å²) in [5.74, 6) is -0.289. The number of rotatable bonds is 5. The zero-order chi connectivity index (χ0) is 12.1. The lowest BCUT2D eigenvalue weighted by Gasteiger charge is -2.17. The van der Waals surface area contributed by atoms with Crippen LogP contribution in [0.1, 0.15) is 37.4 Å². The molecule has 1 aromatic heterocycles. The number of aromatic nitrogens is 1. The van der Waals surface area contributed by atoms with Crippen molar-refractivity contribution in [1.29, 1.82) is 0 Å². The van der Waals surface area contributed by atoms with Crippen LogP contribution in [-0.2, 0) is 4.74 Å². The third kappa shape index (κ3) is 3.48. The van der Waals surface area contributed by atoms with Crippen molar-refractivity contribution in [3.63, 3.8) is 0 Å². The van der Waals surface area contributed by atoms with Gasteiger partial charge in [0.05, 0.1) is 18.0 Å². The van der Waals surface area contributed by atoms with Gasteiger partial charge >= 0.3 is 0 Å². The van der Waals surface area contributed by atoms with Crippen molar-refractivity contribution in [1.82, 2.24) is 10.3 Å². The highest BCUT2D eigenvalue weighted by molar-refractivity contribution is 5.09. The first-order valence-corrected chi connectivity index (χ1v) is 6.20. The predicted molar refractivity (Wildman–Crippen MR) is 64.2 cm³/mol. The summed E-state index contributed by atoms with van der Waals surface area (Å²) in [4.78, 5) is 4.12. The Morgan fingerprint density at radius 1 is 1.59 bits per heavy atom. The molecule has 1 aliphatic heterocycles. The van der Waals surface area contributed by atoms with Gasteiger partial charge in [0, 0.05) is 12.6 Å². The van der Waals surface area contributed by atoms with Gasteiger partial charge in [-0.3, -0.25) is 4.98 Å². The van der Waals surface area contributed by atoms with E-state index < -0.39 is 0 Å². The van der Waals surface area contributed by atoms with E-state index in [2.05, 4.69) is 10.3 Å². The average molecular weight is 238 g/mol. The van der Waals surface area contributed by atoms with Crippen LogP contribution in [0.15, 0.2) is 18.3 Å². The summed E-state index contributed by atoms with van der Waals surface area (Å²) in [5, 5.41) is 3.22. The van der Waals surface area contributed by atoms with Gasteiger partial charge in [-0.2, -0.15) is 0 Å². The van der Waals surface area contributed by atoms with Gasteiger partial charge in [-0.15, -0.1) is 0 Å². The van der Waals surface area contributed by atoms with Crippen molar-refractivity contribution in [2.75, 3.05) is 13.7 Å². The summed E-state index contributed by atoms with van der Waals surface area (Å²) in [6, 6.07) is 3.38. The molecular weight excluding hydrogens is 219 g/mol. The monoisotopic (exact) mass is 238 g/mol. The van der Waals surface area contributed by atoms with Gasteiger partial charge in [-0.25, -0.2) is 4.39 Å². The van der Waals surface area contributed by atoms with Crippen LogP contribution < -0.4 is 5.32 Å². The van der Waals surface area contributed by atoms with Crippen LogP contribution in [0.2, 0.25) is 0 Å². The smallest absolute Gasteiger partial charge is 0.141 e. The van der Waals surface area contributed by atoms with Crippen molar-refractivity contribution < 1.29 is 9.13 Å². The molecule has 0 spiro atoms. The van der Waals surface area contributed by atoms with Crippen LogP contribution in [0.25, 0.3) is 0 Å². The highest BCUT2D eigenvalue weighted by Gasteiger charge is 2.18. The molecule has 0 amide bonds. The number of nitrogens with one attached hydrogen (secondary N) is 1. The molecule has 0 radical (unpaired) electrons. The van der Waals surface area contributed by atoms with E-state index >= 15 is 0 Å². The third-order valence-electron chi connectivity index (χ3n) is 3.26. The number of hydrogen-bond donors (Lipinski definition) is 1. The second kappa shape index (κ2) is 6.07. The van der Waals surface area contributed by atoms with Crippen LogP contribution in [0, 0.1) is 5.82 Å². The van der Waals surface area contributed by atoms with E-state index in [9.17, 15) is 4.39 Å². The minimum atomic E-state index is -0.289. The van der Waals surface area contributed by atoms with Crippen molar-refractivity contribution >= 4 is 0 Å². The normalized spacial score (nSPS) is 21.6. The van der Waals surface area contributed by atoms with Crippen LogP contribution >= 0.6 is 0 Å².